The molecule has 1 aromatic rings. The van der Waals surface area contributed by atoms with Gasteiger partial charge in [0.15, 0.2) is 0 Å². The highest BCUT2D eigenvalue weighted by atomic mass is 19.1. The van der Waals surface area contributed by atoms with Crippen LogP contribution in [0.5, 0.6) is 5.75 Å². The third-order valence-corrected chi connectivity index (χ3v) is 1.83. The van der Waals surface area contributed by atoms with Gasteiger partial charge >= 0.3 is 0 Å². The first-order valence-electron chi connectivity index (χ1n) is 4.08. The molecule has 1 unspecified atom stereocenters. The molecule has 0 amide bonds. The van der Waals surface area contributed by atoms with Crippen molar-refractivity contribution in [2.24, 2.45) is 4.99 Å². The Balaban J connectivity index is 2.97. The number of isocyanates is 1. The number of benzene rings is 1. The fourth-order valence-electron chi connectivity index (χ4n) is 1.11. The van der Waals surface area contributed by atoms with E-state index in [0.29, 0.717) is 11.3 Å². The smallest absolute Gasteiger partial charge is 0.235 e. The molecule has 0 N–H and O–H groups in total. The lowest BCUT2D eigenvalue weighted by molar-refractivity contribution is 0.410. The average molecular weight is 195 g/mol. The molecule has 1 rings (SSSR count). The summed E-state index contributed by atoms with van der Waals surface area (Å²) in [5, 5.41) is 0. The molecule has 0 bridgehead atoms. The van der Waals surface area contributed by atoms with E-state index in [2.05, 4.69) is 4.99 Å². The van der Waals surface area contributed by atoms with Crippen LogP contribution in [0.25, 0.3) is 0 Å². The van der Waals surface area contributed by atoms with Gasteiger partial charge in [0, 0.05) is 0 Å². The second-order valence-corrected chi connectivity index (χ2v) is 2.67. The number of hydrogen-bond acceptors (Lipinski definition) is 3. The van der Waals surface area contributed by atoms with Gasteiger partial charge in [-0.05, 0) is 17.7 Å². The third-order valence-electron chi connectivity index (χ3n) is 1.83. The average Bonchev–Trinajstić information content (AvgIpc) is 2.26. The number of halogens is 1. The molecule has 14 heavy (non-hydrogen) atoms. The van der Waals surface area contributed by atoms with E-state index in [0.717, 1.165) is 0 Å². The minimum atomic E-state index is -0.775. The van der Waals surface area contributed by atoms with Crippen LogP contribution in [0.4, 0.5) is 4.39 Å². The van der Waals surface area contributed by atoms with Gasteiger partial charge in [-0.3, -0.25) is 0 Å². The first kappa shape index (κ1) is 10.4. The molecule has 74 valence electrons. The first-order valence-corrected chi connectivity index (χ1v) is 4.08. The summed E-state index contributed by atoms with van der Waals surface area (Å²) in [6, 6.07) is 6.02. The molecule has 0 aliphatic carbocycles. The quantitative estimate of drug-likeness (QED) is 0.544. The highest BCUT2D eigenvalue weighted by Crippen LogP contribution is 2.21. The highest BCUT2D eigenvalue weighted by molar-refractivity contribution is 5.37. The molecule has 0 fully saturated rings. The molecule has 1 atom stereocenters. The number of alkyl halides is 1. The summed E-state index contributed by atoms with van der Waals surface area (Å²) >= 11 is 0. The molecular weight excluding hydrogens is 185 g/mol. The van der Waals surface area contributed by atoms with Crippen molar-refractivity contribution in [2.75, 3.05) is 13.8 Å². The maximum atomic E-state index is 12.5. The van der Waals surface area contributed by atoms with Gasteiger partial charge in [0.05, 0.1) is 7.11 Å². The van der Waals surface area contributed by atoms with Gasteiger partial charge in [-0.1, -0.05) is 12.1 Å². The number of aliphatic imine (C=N–C) groups is 1. The fraction of sp³-hybridized carbons (Fsp3) is 0.300. The van der Waals surface area contributed by atoms with Crippen LogP contribution in [0.1, 0.15) is 11.6 Å². The lowest BCUT2D eigenvalue weighted by atomic mass is 10.1. The predicted molar refractivity (Wildman–Crippen MR) is 49.8 cm³/mol. The Bertz CT molecular complexity index is 348. The Morgan fingerprint density at radius 3 is 3.00 bits per heavy atom. The molecule has 0 saturated heterocycles. The molecule has 0 aromatic heterocycles. The van der Waals surface area contributed by atoms with Gasteiger partial charge in [0.25, 0.3) is 0 Å². The molecular formula is C10H10FNO2. The minimum absolute atomic E-state index is 0.607. The van der Waals surface area contributed by atoms with Crippen molar-refractivity contribution in [1.29, 1.82) is 0 Å². The van der Waals surface area contributed by atoms with Crippen LogP contribution < -0.4 is 4.74 Å². The molecule has 0 aliphatic heterocycles. The summed E-state index contributed by atoms with van der Waals surface area (Å²) in [6.45, 7) is -0.720. The molecule has 1 aromatic carbocycles. The summed E-state index contributed by atoms with van der Waals surface area (Å²) in [6.07, 6.45) is 1.35. The molecule has 3 nitrogen and oxygen atoms in total. The second-order valence-electron chi connectivity index (χ2n) is 2.67. The second kappa shape index (κ2) is 5.14. The summed E-state index contributed by atoms with van der Waals surface area (Å²) in [4.78, 5) is 13.4. The van der Waals surface area contributed by atoms with Crippen LogP contribution in [0.3, 0.4) is 0 Å². The van der Waals surface area contributed by atoms with E-state index in [1.165, 1.54) is 13.2 Å². The largest absolute Gasteiger partial charge is 0.497 e. The van der Waals surface area contributed by atoms with Gasteiger partial charge in [-0.2, -0.15) is 4.99 Å². The van der Waals surface area contributed by atoms with Crippen LogP contribution in [0.2, 0.25) is 0 Å². The Morgan fingerprint density at radius 2 is 2.43 bits per heavy atom. The number of carbonyl (C=O) groups excluding carboxylic acids is 1. The Labute approximate surface area is 81.2 Å². The zero-order chi connectivity index (χ0) is 10.4. The third kappa shape index (κ3) is 2.41. The number of nitrogens with zero attached hydrogens (tertiary/aromatic N) is 1. The molecule has 0 radical (unpaired) electrons. The molecule has 0 aliphatic rings. The lowest BCUT2D eigenvalue weighted by Crippen LogP contribution is -1.97. The zero-order valence-electron chi connectivity index (χ0n) is 7.74. The highest BCUT2D eigenvalue weighted by Gasteiger charge is 2.09. The maximum Gasteiger partial charge on any atom is 0.235 e. The van der Waals surface area contributed by atoms with E-state index in [1.54, 1.807) is 24.3 Å². The molecule has 4 heteroatoms. The molecule has 0 spiro atoms. The summed E-state index contributed by atoms with van der Waals surface area (Å²) in [5.41, 5.74) is 0.607. The summed E-state index contributed by atoms with van der Waals surface area (Å²) in [5.74, 6) is 0.613. The van der Waals surface area contributed by atoms with Crippen LogP contribution in [0.15, 0.2) is 29.3 Å². The summed E-state index contributed by atoms with van der Waals surface area (Å²) in [7, 11) is 1.52. The molecule has 0 saturated carbocycles. The Hall–Kier alpha value is -1.67. The van der Waals surface area contributed by atoms with E-state index < -0.39 is 12.7 Å². The van der Waals surface area contributed by atoms with Crippen molar-refractivity contribution < 1.29 is 13.9 Å². The predicted octanol–water partition coefficient (Wildman–Crippen LogP) is 2.04. The van der Waals surface area contributed by atoms with Crippen LogP contribution in [-0.2, 0) is 4.79 Å². The van der Waals surface area contributed by atoms with Gasteiger partial charge < -0.3 is 4.74 Å². The number of methoxy groups -OCH3 is 1. The van der Waals surface area contributed by atoms with E-state index in [1.807, 2.05) is 0 Å². The minimum Gasteiger partial charge on any atom is -0.497 e. The maximum absolute atomic E-state index is 12.5. The van der Waals surface area contributed by atoms with Crippen molar-refractivity contribution in [3.8, 4) is 5.75 Å². The summed E-state index contributed by atoms with van der Waals surface area (Å²) < 4.78 is 17.4. The van der Waals surface area contributed by atoms with Gasteiger partial charge in [0.1, 0.15) is 18.5 Å². The van der Waals surface area contributed by atoms with E-state index in [9.17, 15) is 9.18 Å². The number of rotatable bonds is 4. The monoisotopic (exact) mass is 195 g/mol. The Morgan fingerprint density at radius 1 is 1.64 bits per heavy atom. The van der Waals surface area contributed by atoms with E-state index >= 15 is 0 Å². The standard InChI is InChI=1S/C10H10FNO2/c1-14-9-4-2-3-8(5-9)10(6-11)12-7-13/h2-5,10H,6H2,1H3. The SMILES string of the molecule is COc1cccc(C(CF)N=C=O)c1. The van der Waals surface area contributed by atoms with Crippen LogP contribution in [-0.4, -0.2) is 19.9 Å². The van der Waals surface area contributed by atoms with Crippen LogP contribution in [0, 0.1) is 0 Å². The number of ether oxygens (including phenoxy) is 1. The molecule has 0 heterocycles. The van der Waals surface area contributed by atoms with Gasteiger partial charge in [-0.15, -0.1) is 0 Å². The fourth-order valence-corrected chi connectivity index (χ4v) is 1.11. The van der Waals surface area contributed by atoms with Crippen LogP contribution >= 0.6 is 0 Å². The zero-order valence-corrected chi connectivity index (χ0v) is 7.74. The van der Waals surface area contributed by atoms with Crippen molar-refractivity contribution in [3.63, 3.8) is 0 Å². The first-order chi connectivity index (χ1) is 6.81. The topological polar surface area (TPSA) is 38.7 Å². The Kier molecular flexibility index (Phi) is 3.83. The normalized spacial score (nSPS) is 11.6. The van der Waals surface area contributed by atoms with Gasteiger partial charge in [0.2, 0.25) is 6.08 Å². The number of hydrogen-bond donors (Lipinski definition) is 0. The van der Waals surface area contributed by atoms with Crippen molar-refractivity contribution >= 4 is 6.08 Å². The van der Waals surface area contributed by atoms with Gasteiger partial charge in [-0.25, -0.2) is 9.18 Å². The van der Waals surface area contributed by atoms with Crippen molar-refractivity contribution in [1.82, 2.24) is 0 Å². The van der Waals surface area contributed by atoms with E-state index in [4.69, 9.17) is 4.74 Å². The van der Waals surface area contributed by atoms with Crippen molar-refractivity contribution in [3.05, 3.63) is 29.8 Å². The van der Waals surface area contributed by atoms with E-state index in [-0.39, 0.29) is 0 Å². The van der Waals surface area contributed by atoms with Crippen molar-refractivity contribution in [2.45, 2.75) is 6.04 Å². The lowest BCUT2D eigenvalue weighted by Gasteiger charge is -2.07.